The summed E-state index contributed by atoms with van der Waals surface area (Å²) < 4.78 is 1.91. The zero-order valence-corrected chi connectivity index (χ0v) is 14.1. The molecule has 2 aromatic rings. The lowest BCUT2D eigenvalue weighted by molar-refractivity contribution is 0.0947. The van der Waals surface area contributed by atoms with Gasteiger partial charge in [-0.1, -0.05) is 39.0 Å². The summed E-state index contributed by atoms with van der Waals surface area (Å²) in [5.41, 5.74) is 4.64. The van der Waals surface area contributed by atoms with E-state index in [1.165, 1.54) is 0 Å². The van der Waals surface area contributed by atoms with Crippen LogP contribution in [-0.4, -0.2) is 22.2 Å². The Hall–Kier alpha value is -2.10. The first-order valence-electron chi connectivity index (χ1n) is 7.88. The Kier molecular flexibility index (Phi) is 5.01. The van der Waals surface area contributed by atoms with Gasteiger partial charge in [-0.15, -0.1) is 0 Å². The maximum absolute atomic E-state index is 12.5. The Bertz CT molecular complexity index is 671. The van der Waals surface area contributed by atoms with Crippen molar-refractivity contribution in [2.24, 2.45) is 5.92 Å². The lowest BCUT2D eigenvalue weighted by Gasteiger charge is -2.11. The van der Waals surface area contributed by atoms with E-state index in [4.69, 9.17) is 0 Å². The standard InChI is InChI=1S/C18H25N3O/c1-6-15-17(18(22)19-11-12(2)3)14(5)20-21(15)16-10-8-7-9-13(16)4/h7-10,12H,6,11H2,1-5H3,(H,19,22). The monoisotopic (exact) mass is 299 g/mol. The van der Waals surface area contributed by atoms with Gasteiger partial charge >= 0.3 is 0 Å². The van der Waals surface area contributed by atoms with E-state index in [1.807, 2.05) is 29.8 Å². The Morgan fingerprint density at radius 3 is 2.55 bits per heavy atom. The zero-order valence-electron chi connectivity index (χ0n) is 14.1. The summed E-state index contributed by atoms with van der Waals surface area (Å²) >= 11 is 0. The van der Waals surface area contributed by atoms with Crippen LogP contribution in [0, 0.1) is 19.8 Å². The predicted molar refractivity (Wildman–Crippen MR) is 89.6 cm³/mol. The molecule has 1 amide bonds. The molecule has 0 unspecified atom stereocenters. The molecule has 2 rings (SSSR count). The van der Waals surface area contributed by atoms with Crippen LogP contribution in [0.15, 0.2) is 24.3 Å². The molecular formula is C18H25N3O. The number of hydrogen-bond donors (Lipinski definition) is 1. The second-order valence-corrected chi connectivity index (χ2v) is 6.06. The minimum absolute atomic E-state index is 0.0251. The molecule has 0 radical (unpaired) electrons. The quantitative estimate of drug-likeness (QED) is 0.919. The molecule has 118 valence electrons. The van der Waals surface area contributed by atoms with Crippen LogP contribution in [0.5, 0.6) is 0 Å². The maximum Gasteiger partial charge on any atom is 0.255 e. The van der Waals surface area contributed by atoms with Crippen molar-refractivity contribution in [3.05, 3.63) is 46.8 Å². The number of benzene rings is 1. The van der Waals surface area contributed by atoms with Crippen molar-refractivity contribution in [3.63, 3.8) is 0 Å². The van der Waals surface area contributed by atoms with E-state index in [1.54, 1.807) is 0 Å². The van der Waals surface area contributed by atoms with Crippen molar-refractivity contribution in [1.82, 2.24) is 15.1 Å². The largest absolute Gasteiger partial charge is 0.352 e. The first-order chi connectivity index (χ1) is 10.5. The molecule has 0 saturated carbocycles. The van der Waals surface area contributed by atoms with Crippen molar-refractivity contribution >= 4 is 5.91 Å². The number of nitrogens with zero attached hydrogens (tertiary/aromatic N) is 2. The topological polar surface area (TPSA) is 46.9 Å². The Morgan fingerprint density at radius 1 is 1.27 bits per heavy atom. The summed E-state index contributed by atoms with van der Waals surface area (Å²) in [6.07, 6.45) is 0.763. The Morgan fingerprint density at radius 2 is 1.95 bits per heavy atom. The van der Waals surface area contributed by atoms with Gasteiger partial charge < -0.3 is 5.32 Å². The smallest absolute Gasteiger partial charge is 0.255 e. The molecule has 0 fully saturated rings. The third kappa shape index (κ3) is 3.21. The van der Waals surface area contributed by atoms with Gasteiger partial charge in [-0.05, 0) is 37.8 Å². The van der Waals surface area contributed by atoms with Crippen LogP contribution < -0.4 is 5.32 Å². The van der Waals surface area contributed by atoms with Gasteiger partial charge in [0, 0.05) is 6.54 Å². The number of rotatable bonds is 5. The SMILES string of the molecule is CCc1c(C(=O)NCC(C)C)c(C)nn1-c1ccccc1C. The van der Waals surface area contributed by atoms with E-state index >= 15 is 0 Å². The van der Waals surface area contributed by atoms with Gasteiger partial charge in [-0.25, -0.2) is 4.68 Å². The fraction of sp³-hybridized carbons (Fsp3) is 0.444. The molecule has 1 N–H and O–H groups in total. The van der Waals surface area contributed by atoms with Crippen LogP contribution in [0.2, 0.25) is 0 Å². The molecule has 4 nitrogen and oxygen atoms in total. The van der Waals surface area contributed by atoms with Crippen LogP contribution in [-0.2, 0) is 6.42 Å². The second-order valence-electron chi connectivity index (χ2n) is 6.06. The molecule has 22 heavy (non-hydrogen) atoms. The van der Waals surface area contributed by atoms with Gasteiger partial charge in [0.05, 0.1) is 22.6 Å². The molecule has 1 heterocycles. The highest BCUT2D eigenvalue weighted by molar-refractivity contribution is 5.96. The van der Waals surface area contributed by atoms with Crippen molar-refractivity contribution < 1.29 is 4.79 Å². The number of para-hydroxylation sites is 1. The normalized spacial score (nSPS) is 11.0. The molecule has 4 heteroatoms. The highest BCUT2D eigenvalue weighted by Crippen LogP contribution is 2.21. The summed E-state index contributed by atoms with van der Waals surface area (Å²) in [5, 5.41) is 7.62. The minimum Gasteiger partial charge on any atom is -0.352 e. The molecule has 1 aromatic carbocycles. The molecule has 0 aliphatic carbocycles. The van der Waals surface area contributed by atoms with E-state index in [2.05, 4.69) is 44.2 Å². The van der Waals surface area contributed by atoms with Gasteiger partial charge in [0.25, 0.3) is 5.91 Å². The van der Waals surface area contributed by atoms with Crippen LogP contribution >= 0.6 is 0 Å². The van der Waals surface area contributed by atoms with Gasteiger partial charge in [-0.3, -0.25) is 4.79 Å². The molecule has 0 aliphatic heterocycles. The van der Waals surface area contributed by atoms with Gasteiger partial charge in [0.15, 0.2) is 0 Å². The van der Waals surface area contributed by atoms with Crippen molar-refractivity contribution in [2.45, 2.75) is 41.0 Å². The number of nitrogens with one attached hydrogen (secondary N) is 1. The van der Waals surface area contributed by atoms with E-state index in [-0.39, 0.29) is 5.91 Å². The Labute approximate surface area is 132 Å². The van der Waals surface area contributed by atoms with E-state index in [9.17, 15) is 4.79 Å². The number of aromatic nitrogens is 2. The molecule has 0 spiro atoms. The van der Waals surface area contributed by atoms with Crippen LogP contribution in [0.4, 0.5) is 0 Å². The molecular weight excluding hydrogens is 274 g/mol. The third-order valence-corrected chi connectivity index (χ3v) is 3.73. The number of carbonyl (C=O) groups is 1. The molecule has 0 atom stereocenters. The predicted octanol–water partition coefficient (Wildman–Crippen LogP) is 3.44. The summed E-state index contributed by atoms with van der Waals surface area (Å²) in [7, 11) is 0. The number of hydrogen-bond acceptors (Lipinski definition) is 2. The number of carbonyl (C=O) groups excluding carboxylic acids is 1. The van der Waals surface area contributed by atoms with Gasteiger partial charge in [0.1, 0.15) is 0 Å². The summed E-state index contributed by atoms with van der Waals surface area (Å²) in [6.45, 7) is 10.9. The highest BCUT2D eigenvalue weighted by atomic mass is 16.1. The average Bonchev–Trinajstić information content (AvgIpc) is 2.81. The molecule has 0 aliphatic rings. The van der Waals surface area contributed by atoms with Crippen LogP contribution in [0.3, 0.4) is 0 Å². The van der Waals surface area contributed by atoms with E-state index < -0.39 is 0 Å². The summed E-state index contributed by atoms with van der Waals surface area (Å²) in [5.74, 6) is 0.406. The van der Waals surface area contributed by atoms with Crippen molar-refractivity contribution in [2.75, 3.05) is 6.54 Å². The Balaban J connectivity index is 2.45. The highest BCUT2D eigenvalue weighted by Gasteiger charge is 2.21. The molecule has 0 bridgehead atoms. The van der Waals surface area contributed by atoms with Gasteiger partial charge in [-0.2, -0.15) is 5.10 Å². The fourth-order valence-electron chi connectivity index (χ4n) is 2.58. The lowest BCUT2D eigenvalue weighted by atomic mass is 10.1. The van der Waals surface area contributed by atoms with Crippen molar-refractivity contribution in [3.8, 4) is 5.69 Å². The number of amides is 1. The number of aryl methyl sites for hydroxylation is 2. The lowest BCUT2D eigenvalue weighted by Crippen LogP contribution is -2.28. The van der Waals surface area contributed by atoms with Crippen LogP contribution in [0.1, 0.15) is 48.1 Å². The third-order valence-electron chi connectivity index (χ3n) is 3.73. The second kappa shape index (κ2) is 6.77. The van der Waals surface area contributed by atoms with Crippen molar-refractivity contribution in [1.29, 1.82) is 0 Å². The van der Waals surface area contributed by atoms with Crippen LogP contribution in [0.25, 0.3) is 5.69 Å². The fourth-order valence-corrected chi connectivity index (χ4v) is 2.58. The van der Waals surface area contributed by atoms with E-state index in [0.29, 0.717) is 18.0 Å². The average molecular weight is 299 g/mol. The van der Waals surface area contributed by atoms with E-state index in [0.717, 1.165) is 29.1 Å². The molecule has 1 aromatic heterocycles. The van der Waals surface area contributed by atoms with Gasteiger partial charge in [0.2, 0.25) is 0 Å². The molecule has 0 saturated heterocycles. The minimum atomic E-state index is -0.0251. The summed E-state index contributed by atoms with van der Waals surface area (Å²) in [4.78, 5) is 12.5. The first kappa shape index (κ1) is 16.3. The first-order valence-corrected chi connectivity index (χ1v) is 7.88. The maximum atomic E-state index is 12.5. The zero-order chi connectivity index (χ0) is 16.3. The summed E-state index contributed by atoms with van der Waals surface area (Å²) in [6, 6.07) is 8.11.